The lowest BCUT2D eigenvalue weighted by Crippen LogP contribution is -2.44. The number of carbonyl (C=O) groups excluding carboxylic acids is 2. The zero-order valence-electron chi connectivity index (χ0n) is 14.4. The van der Waals surface area contributed by atoms with Crippen LogP contribution in [0.4, 0.5) is 0 Å². The second-order valence-corrected chi connectivity index (χ2v) is 6.43. The van der Waals surface area contributed by atoms with Crippen LogP contribution in [0.15, 0.2) is 36.9 Å². The minimum atomic E-state index is -1.07. The van der Waals surface area contributed by atoms with Gasteiger partial charge >= 0.3 is 5.97 Å². The van der Waals surface area contributed by atoms with E-state index in [2.05, 4.69) is 11.9 Å². The number of hydrogen-bond donors (Lipinski definition) is 2. The number of allylic oxidation sites excluding steroid dienone is 1. The average Bonchev–Trinajstić information content (AvgIpc) is 2.94. The van der Waals surface area contributed by atoms with Gasteiger partial charge in [0.05, 0.1) is 5.92 Å². The summed E-state index contributed by atoms with van der Waals surface area (Å²) in [5.41, 5.74) is 2.15. The van der Waals surface area contributed by atoms with E-state index in [-0.39, 0.29) is 18.2 Å². The molecule has 134 valence electrons. The van der Waals surface area contributed by atoms with Crippen LogP contribution in [0.5, 0.6) is 0 Å². The third kappa shape index (κ3) is 5.17. The minimum absolute atomic E-state index is 0.0845. The lowest BCUT2D eigenvalue weighted by Gasteiger charge is -2.18. The number of aryl methyl sites for hydroxylation is 1. The number of rotatable bonds is 8. The lowest BCUT2D eigenvalue weighted by molar-refractivity contribution is -0.142. The first-order chi connectivity index (χ1) is 11.9. The van der Waals surface area contributed by atoms with Gasteiger partial charge in [0.25, 0.3) is 0 Å². The third-order valence-corrected chi connectivity index (χ3v) is 4.35. The topological polar surface area (TPSA) is 86.7 Å². The van der Waals surface area contributed by atoms with Crippen LogP contribution in [-0.2, 0) is 20.9 Å². The SMILES string of the molecule is C=CCCC(NC(=O)C1CC(=O)N(Cc2ccc(C)cc2)C1)C(=O)O. The molecule has 1 heterocycles. The molecular formula is C19H24N2O4. The molecule has 1 aliphatic rings. The molecule has 2 atom stereocenters. The van der Waals surface area contributed by atoms with Gasteiger partial charge in [0.2, 0.25) is 11.8 Å². The maximum Gasteiger partial charge on any atom is 0.326 e. The second kappa shape index (κ2) is 8.46. The van der Waals surface area contributed by atoms with Crippen molar-refractivity contribution in [3.63, 3.8) is 0 Å². The van der Waals surface area contributed by atoms with Crippen LogP contribution < -0.4 is 5.32 Å². The molecular weight excluding hydrogens is 320 g/mol. The van der Waals surface area contributed by atoms with E-state index in [1.807, 2.05) is 31.2 Å². The minimum Gasteiger partial charge on any atom is -0.480 e. The molecule has 0 radical (unpaired) electrons. The highest BCUT2D eigenvalue weighted by molar-refractivity contribution is 5.91. The van der Waals surface area contributed by atoms with E-state index < -0.39 is 17.9 Å². The Morgan fingerprint density at radius 1 is 1.40 bits per heavy atom. The summed E-state index contributed by atoms with van der Waals surface area (Å²) in [5.74, 6) is -2.05. The van der Waals surface area contributed by atoms with Crippen molar-refractivity contribution in [1.82, 2.24) is 10.2 Å². The number of carboxylic acid groups (broad SMARTS) is 1. The van der Waals surface area contributed by atoms with Gasteiger partial charge in [-0.2, -0.15) is 0 Å². The molecule has 2 amide bonds. The molecule has 0 spiro atoms. The summed E-state index contributed by atoms with van der Waals surface area (Å²) >= 11 is 0. The lowest BCUT2D eigenvalue weighted by atomic mass is 10.1. The number of aliphatic carboxylic acids is 1. The maximum absolute atomic E-state index is 12.3. The molecule has 2 N–H and O–H groups in total. The molecule has 0 saturated carbocycles. The molecule has 1 saturated heterocycles. The van der Waals surface area contributed by atoms with E-state index in [0.29, 0.717) is 25.9 Å². The summed E-state index contributed by atoms with van der Waals surface area (Å²) in [6, 6.07) is 6.94. The standard InChI is InChI=1S/C19H24N2O4/c1-3-4-5-16(19(24)25)20-18(23)15-10-17(22)21(12-15)11-14-8-6-13(2)7-9-14/h3,6-9,15-16H,1,4-5,10-12H2,2H3,(H,20,23)(H,24,25). The molecule has 1 fully saturated rings. The maximum atomic E-state index is 12.3. The van der Waals surface area contributed by atoms with Crippen LogP contribution in [0, 0.1) is 12.8 Å². The van der Waals surface area contributed by atoms with E-state index in [4.69, 9.17) is 0 Å². The molecule has 1 aromatic rings. The van der Waals surface area contributed by atoms with E-state index in [0.717, 1.165) is 11.1 Å². The van der Waals surface area contributed by atoms with Crippen molar-refractivity contribution < 1.29 is 19.5 Å². The van der Waals surface area contributed by atoms with E-state index in [1.165, 1.54) is 0 Å². The predicted octanol–water partition coefficient (Wildman–Crippen LogP) is 1.88. The van der Waals surface area contributed by atoms with Crippen LogP contribution in [0.2, 0.25) is 0 Å². The number of benzene rings is 1. The van der Waals surface area contributed by atoms with E-state index in [1.54, 1.807) is 11.0 Å². The Morgan fingerprint density at radius 3 is 2.68 bits per heavy atom. The first kappa shape index (κ1) is 18.7. The number of hydrogen-bond acceptors (Lipinski definition) is 3. The van der Waals surface area contributed by atoms with Gasteiger partial charge in [0.15, 0.2) is 0 Å². The first-order valence-corrected chi connectivity index (χ1v) is 8.38. The number of amides is 2. The van der Waals surface area contributed by atoms with Crippen molar-refractivity contribution in [2.75, 3.05) is 6.54 Å². The molecule has 1 aliphatic heterocycles. The fourth-order valence-electron chi connectivity index (χ4n) is 2.85. The van der Waals surface area contributed by atoms with Gasteiger partial charge in [-0.3, -0.25) is 9.59 Å². The Morgan fingerprint density at radius 2 is 2.08 bits per heavy atom. The molecule has 2 unspecified atom stereocenters. The van der Waals surface area contributed by atoms with Crippen molar-refractivity contribution in [3.8, 4) is 0 Å². The highest BCUT2D eigenvalue weighted by atomic mass is 16.4. The summed E-state index contributed by atoms with van der Waals surface area (Å²) in [6.07, 6.45) is 2.52. The Labute approximate surface area is 147 Å². The van der Waals surface area contributed by atoms with Crippen LogP contribution >= 0.6 is 0 Å². The average molecular weight is 344 g/mol. The molecule has 25 heavy (non-hydrogen) atoms. The van der Waals surface area contributed by atoms with Crippen molar-refractivity contribution in [2.45, 2.75) is 38.8 Å². The molecule has 0 bridgehead atoms. The summed E-state index contributed by atoms with van der Waals surface area (Å²) < 4.78 is 0. The van der Waals surface area contributed by atoms with Crippen molar-refractivity contribution in [1.29, 1.82) is 0 Å². The van der Waals surface area contributed by atoms with Gasteiger partial charge in [-0.15, -0.1) is 6.58 Å². The van der Waals surface area contributed by atoms with Crippen LogP contribution in [0.25, 0.3) is 0 Å². The number of likely N-dealkylation sites (tertiary alicyclic amines) is 1. The van der Waals surface area contributed by atoms with Gasteiger partial charge in [-0.25, -0.2) is 4.79 Å². The van der Waals surface area contributed by atoms with Crippen molar-refractivity contribution in [2.24, 2.45) is 5.92 Å². The molecule has 6 nitrogen and oxygen atoms in total. The molecule has 0 aromatic heterocycles. The molecule has 2 rings (SSSR count). The van der Waals surface area contributed by atoms with Crippen LogP contribution in [0.3, 0.4) is 0 Å². The summed E-state index contributed by atoms with van der Waals surface area (Å²) in [4.78, 5) is 37.4. The Hall–Kier alpha value is -2.63. The highest BCUT2D eigenvalue weighted by Gasteiger charge is 2.35. The number of carboxylic acids is 1. The zero-order chi connectivity index (χ0) is 18.4. The van der Waals surface area contributed by atoms with E-state index >= 15 is 0 Å². The Kier molecular flexibility index (Phi) is 6.33. The third-order valence-electron chi connectivity index (χ3n) is 4.35. The Bertz CT molecular complexity index is 654. The van der Waals surface area contributed by atoms with Crippen molar-refractivity contribution in [3.05, 3.63) is 48.0 Å². The number of nitrogens with zero attached hydrogens (tertiary/aromatic N) is 1. The van der Waals surface area contributed by atoms with Gasteiger partial charge in [0.1, 0.15) is 6.04 Å². The molecule has 6 heteroatoms. The smallest absolute Gasteiger partial charge is 0.326 e. The summed E-state index contributed by atoms with van der Waals surface area (Å²) in [7, 11) is 0. The number of nitrogens with one attached hydrogen (secondary N) is 1. The van der Waals surface area contributed by atoms with Crippen LogP contribution in [-0.4, -0.2) is 40.4 Å². The fraction of sp³-hybridized carbons (Fsp3) is 0.421. The van der Waals surface area contributed by atoms with Gasteiger partial charge in [-0.1, -0.05) is 35.9 Å². The van der Waals surface area contributed by atoms with Gasteiger partial charge in [-0.05, 0) is 25.3 Å². The van der Waals surface area contributed by atoms with Crippen molar-refractivity contribution >= 4 is 17.8 Å². The first-order valence-electron chi connectivity index (χ1n) is 8.38. The largest absolute Gasteiger partial charge is 0.480 e. The van der Waals surface area contributed by atoms with Gasteiger partial charge in [0, 0.05) is 19.5 Å². The van der Waals surface area contributed by atoms with E-state index in [9.17, 15) is 19.5 Å². The normalized spacial score (nSPS) is 18.0. The number of carbonyl (C=O) groups is 3. The zero-order valence-corrected chi connectivity index (χ0v) is 14.4. The predicted molar refractivity (Wildman–Crippen MR) is 93.7 cm³/mol. The molecule has 0 aliphatic carbocycles. The Balaban J connectivity index is 1.93. The fourth-order valence-corrected chi connectivity index (χ4v) is 2.85. The molecule has 1 aromatic carbocycles. The monoisotopic (exact) mass is 344 g/mol. The van der Waals surface area contributed by atoms with Gasteiger partial charge < -0.3 is 15.3 Å². The summed E-state index contributed by atoms with van der Waals surface area (Å²) in [6.45, 7) is 6.33. The second-order valence-electron chi connectivity index (χ2n) is 6.43. The summed E-state index contributed by atoms with van der Waals surface area (Å²) in [5, 5.41) is 11.7. The quantitative estimate of drug-likeness (QED) is 0.705. The highest BCUT2D eigenvalue weighted by Crippen LogP contribution is 2.21. The van der Waals surface area contributed by atoms with Crippen LogP contribution in [0.1, 0.15) is 30.4 Å².